The zero-order valence-corrected chi connectivity index (χ0v) is 17.9. The van der Waals surface area contributed by atoms with E-state index in [9.17, 15) is 9.59 Å². The SMILES string of the molecule is COc1cc(C(=O)Nc2nc3c(s2)CN(C)CC3)ccc1OCC(=O)NC(C)C. The van der Waals surface area contributed by atoms with Crippen LogP contribution in [-0.4, -0.2) is 55.0 Å². The predicted molar refractivity (Wildman–Crippen MR) is 112 cm³/mol. The average molecular weight is 419 g/mol. The molecule has 0 saturated heterocycles. The number of thiazole rings is 1. The normalized spacial score (nSPS) is 13.7. The highest BCUT2D eigenvalue weighted by atomic mass is 32.1. The first kappa shape index (κ1) is 21.1. The highest BCUT2D eigenvalue weighted by molar-refractivity contribution is 7.15. The minimum absolute atomic E-state index is 0.0380. The quantitative estimate of drug-likeness (QED) is 0.717. The van der Waals surface area contributed by atoms with Crippen molar-refractivity contribution in [1.29, 1.82) is 0 Å². The fraction of sp³-hybridized carbons (Fsp3) is 0.450. The molecule has 156 valence electrons. The van der Waals surface area contributed by atoms with Gasteiger partial charge in [-0.25, -0.2) is 4.98 Å². The number of benzene rings is 1. The van der Waals surface area contributed by atoms with Crippen molar-refractivity contribution in [1.82, 2.24) is 15.2 Å². The second-order valence-corrected chi connectivity index (χ2v) is 8.29. The molecule has 2 aromatic rings. The molecule has 2 heterocycles. The van der Waals surface area contributed by atoms with E-state index in [0.29, 0.717) is 22.2 Å². The summed E-state index contributed by atoms with van der Waals surface area (Å²) in [5, 5.41) is 6.21. The number of fused-ring (bicyclic) bond motifs is 1. The van der Waals surface area contributed by atoms with Crippen molar-refractivity contribution < 1.29 is 19.1 Å². The number of hydrogen-bond acceptors (Lipinski definition) is 7. The Morgan fingerprint density at radius 3 is 2.83 bits per heavy atom. The van der Waals surface area contributed by atoms with Crippen LogP contribution in [0.25, 0.3) is 0 Å². The van der Waals surface area contributed by atoms with Crippen molar-refractivity contribution in [2.45, 2.75) is 32.9 Å². The van der Waals surface area contributed by atoms with Gasteiger partial charge in [-0.3, -0.25) is 14.9 Å². The van der Waals surface area contributed by atoms with Crippen molar-refractivity contribution in [3.63, 3.8) is 0 Å². The number of rotatable bonds is 7. The Morgan fingerprint density at radius 1 is 1.31 bits per heavy atom. The van der Waals surface area contributed by atoms with Crippen LogP contribution in [0, 0.1) is 0 Å². The third kappa shape index (κ3) is 5.45. The lowest BCUT2D eigenvalue weighted by Crippen LogP contribution is -2.34. The maximum atomic E-state index is 12.6. The van der Waals surface area contributed by atoms with Crippen LogP contribution in [-0.2, 0) is 17.8 Å². The molecule has 0 radical (unpaired) electrons. The maximum Gasteiger partial charge on any atom is 0.258 e. The number of anilines is 1. The van der Waals surface area contributed by atoms with Crippen LogP contribution in [0.3, 0.4) is 0 Å². The molecule has 1 aromatic heterocycles. The Bertz CT molecular complexity index is 897. The molecule has 8 nitrogen and oxygen atoms in total. The summed E-state index contributed by atoms with van der Waals surface area (Å²) in [6, 6.07) is 4.88. The number of hydrogen-bond donors (Lipinski definition) is 2. The van der Waals surface area contributed by atoms with Gasteiger partial charge in [0.05, 0.1) is 12.8 Å². The monoisotopic (exact) mass is 418 g/mol. The number of carbonyl (C=O) groups excluding carboxylic acids is 2. The van der Waals surface area contributed by atoms with E-state index in [1.165, 1.54) is 23.3 Å². The fourth-order valence-electron chi connectivity index (χ4n) is 2.98. The summed E-state index contributed by atoms with van der Waals surface area (Å²) in [5.74, 6) is 0.292. The van der Waals surface area contributed by atoms with Gasteiger partial charge < -0.3 is 19.7 Å². The molecule has 0 fully saturated rings. The van der Waals surface area contributed by atoms with Gasteiger partial charge in [0.25, 0.3) is 11.8 Å². The molecule has 0 saturated carbocycles. The summed E-state index contributed by atoms with van der Waals surface area (Å²) in [7, 11) is 3.56. The van der Waals surface area contributed by atoms with Gasteiger partial charge in [-0.2, -0.15) is 0 Å². The molecular formula is C20H26N4O4S. The second-order valence-electron chi connectivity index (χ2n) is 7.21. The Balaban J connectivity index is 1.66. The van der Waals surface area contributed by atoms with Gasteiger partial charge in [-0.05, 0) is 39.1 Å². The number of ether oxygens (including phenoxy) is 2. The smallest absolute Gasteiger partial charge is 0.258 e. The van der Waals surface area contributed by atoms with Crippen LogP contribution >= 0.6 is 11.3 Å². The Kier molecular flexibility index (Phi) is 6.71. The standard InChI is InChI=1S/C20H26N4O4S/c1-12(2)21-18(25)11-28-15-6-5-13(9-16(15)27-4)19(26)23-20-22-14-7-8-24(3)10-17(14)29-20/h5-6,9,12H,7-8,10-11H2,1-4H3,(H,21,25)(H,22,23,26). The molecule has 29 heavy (non-hydrogen) atoms. The maximum absolute atomic E-state index is 12.6. The number of amides is 2. The number of aromatic nitrogens is 1. The van der Waals surface area contributed by atoms with Crippen LogP contribution in [0.4, 0.5) is 5.13 Å². The summed E-state index contributed by atoms with van der Waals surface area (Å²) < 4.78 is 10.8. The molecule has 2 amide bonds. The number of nitrogens with zero attached hydrogens (tertiary/aromatic N) is 2. The van der Waals surface area contributed by atoms with E-state index in [0.717, 1.165) is 25.2 Å². The topological polar surface area (TPSA) is 92.8 Å². The molecule has 0 spiro atoms. The van der Waals surface area contributed by atoms with Gasteiger partial charge in [0.15, 0.2) is 23.2 Å². The first-order chi connectivity index (χ1) is 13.9. The van der Waals surface area contributed by atoms with Crippen molar-refractivity contribution in [2.75, 3.05) is 32.6 Å². The van der Waals surface area contributed by atoms with Gasteiger partial charge in [0, 0.05) is 36.0 Å². The number of carbonyl (C=O) groups is 2. The molecule has 1 aliphatic rings. The van der Waals surface area contributed by atoms with Gasteiger partial charge >= 0.3 is 0 Å². The van der Waals surface area contributed by atoms with Gasteiger partial charge in [0.2, 0.25) is 0 Å². The van der Waals surface area contributed by atoms with E-state index in [1.807, 2.05) is 13.8 Å². The van der Waals surface area contributed by atoms with Gasteiger partial charge in [-0.1, -0.05) is 0 Å². The van der Waals surface area contributed by atoms with E-state index < -0.39 is 0 Å². The number of likely N-dealkylation sites (N-methyl/N-ethyl adjacent to an activating group) is 1. The molecule has 1 aliphatic heterocycles. The summed E-state index contributed by atoms with van der Waals surface area (Å²) in [6.45, 7) is 5.45. The van der Waals surface area contributed by atoms with E-state index >= 15 is 0 Å². The molecule has 0 atom stereocenters. The molecular weight excluding hydrogens is 392 g/mol. The Morgan fingerprint density at radius 2 is 2.10 bits per heavy atom. The van der Waals surface area contributed by atoms with Crippen LogP contribution < -0.4 is 20.1 Å². The van der Waals surface area contributed by atoms with Crippen molar-refractivity contribution in [2.24, 2.45) is 0 Å². The molecule has 3 rings (SSSR count). The Labute approximate surface area is 174 Å². The molecule has 2 N–H and O–H groups in total. The van der Waals surface area contributed by atoms with E-state index in [-0.39, 0.29) is 24.5 Å². The zero-order chi connectivity index (χ0) is 21.0. The summed E-state index contributed by atoms with van der Waals surface area (Å²) in [6.07, 6.45) is 0.891. The third-order valence-electron chi connectivity index (χ3n) is 4.38. The lowest BCUT2D eigenvalue weighted by Gasteiger charge is -2.20. The lowest BCUT2D eigenvalue weighted by atomic mass is 10.2. The lowest BCUT2D eigenvalue weighted by molar-refractivity contribution is -0.123. The van der Waals surface area contributed by atoms with Crippen molar-refractivity contribution in [3.8, 4) is 11.5 Å². The zero-order valence-electron chi connectivity index (χ0n) is 17.1. The van der Waals surface area contributed by atoms with Crippen LogP contribution in [0.2, 0.25) is 0 Å². The summed E-state index contributed by atoms with van der Waals surface area (Å²) >= 11 is 1.51. The Hall–Kier alpha value is -2.65. The van der Waals surface area contributed by atoms with E-state index in [1.54, 1.807) is 18.2 Å². The first-order valence-electron chi connectivity index (χ1n) is 9.44. The van der Waals surface area contributed by atoms with E-state index in [2.05, 4.69) is 27.6 Å². The predicted octanol–water partition coefficient (Wildman–Crippen LogP) is 2.30. The minimum Gasteiger partial charge on any atom is -0.493 e. The minimum atomic E-state index is -0.271. The molecule has 0 unspecified atom stereocenters. The van der Waals surface area contributed by atoms with Gasteiger partial charge in [-0.15, -0.1) is 11.3 Å². The van der Waals surface area contributed by atoms with Crippen molar-refractivity contribution >= 4 is 28.3 Å². The fourth-order valence-corrected chi connectivity index (χ4v) is 4.06. The number of methoxy groups -OCH3 is 1. The highest BCUT2D eigenvalue weighted by Crippen LogP contribution is 2.30. The van der Waals surface area contributed by atoms with Crippen LogP contribution in [0.5, 0.6) is 11.5 Å². The highest BCUT2D eigenvalue weighted by Gasteiger charge is 2.20. The van der Waals surface area contributed by atoms with E-state index in [4.69, 9.17) is 9.47 Å². The second kappa shape index (κ2) is 9.23. The molecule has 9 heteroatoms. The molecule has 0 bridgehead atoms. The van der Waals surface area contributed by atoms with Crippen LogP contribution in [0.1, 0.15) is 34.8 Å². The summed E-state index contributed by atoms with van der Waals surface area (Å²) in [4.78, 5) is 32.4. The largest absolute Gasteiger partial charge is 0.493 e. The van der Waals surface area contributed by atoms with Gasteiger partial charge in [0.1, 0.15) is 0 Å². The summed E-state index contributed by atoms with van der Waals surface area (Å²) in [5.41, 5.74) is 1.48. The third-order valence-corrected chi connectivity index (χ3v) is 5.37. The number of nitrogens with one attached hydrogen (secondary N) is 2. The van der Waals surface area contributed by atoms with Crippen molar-refractivity contribution in [3.05, 3.63) is 34.3 Å². The molecule has 0 aliphatic carbocycles. The van der Waals surface area contributed by atoms with Crippen LogP contribution in [0.15, 0.2) is 18.2 Å². The molecule has 1 aromatic carbocycles. The average Bonchev–Trinajstić information content (AvgIpc) is 3.06. The first-order valence-corrected chi connectivity index (χ1v) is 10.3.